The fourth-order valence-corrected chi connectivity index (χ4v) is 1.56. The maximum Gasteiger partial charge on any atom is 0.144 e. The zero-order chi connectivity index (χ0) is 12.3. The Morgan fingerprint density at radius 1 is 1.24 bits per heavy atom. The molecule has 0 atom stereocenters. The van der Waals surface area contributed by atoms with E-state index in [1.807, 2.05) is 38.0 Å². The van der Waals surface area contributed by atoms with Crippen LogP contribution in [-0.4, -0.2) is 26.3 Å². The van der Waals surface area contributed by atoms with Crippen molar-refractivity contribution in [2.75, 3.05) is 11.9 Å². The van der Waals surface area contributed by atoms with Crippen LogP contribution in [0.25, 0.3) is 0 Å². The summed E-state index contributed by atoms with van der Waals surface area (Å²) in [6.45, 7) is 4.76. The quantitative estimate of drug-likeness (QED) is 0.866. The molecule has 2 rings (SSSR count). The molecule has 0 spiro atoms. The highest BCUT2D eigenvalue weighted by Crippen LogP contribution is 2.06. The molecule has 2 aromatic rings. The van der Waals surface area contributed by atoms with E-state index in [9.17, 15) is 0 Å². The van der Waals surface area contributed by atoms with E-state index in [-0.39, 0.29) is 0 Å². The van der Waals surface area contributed by atoms with Crippen LogP contribution in [0.2, 0.25) is 0 Å². The third-order valence-electron chi connectivity index (χ3n) is 2.67. The summed E-state index contributed by atoms with van der Waals surface area (Å²) in [5.41, 5.74) is 3.16. The number of rotatable bonds is 4. The average molecular weight is 231 g/mol. The first kappa shape index (κ1) is 11.6. The van der Waals surface area contributed by atoms with Gasteiger partial charge >= 0.3 is 0 Å². The van der Waals surface area contributed by atoms with Gasteiger partial charge in [-0.1, -0.05) is 0 Å². The van der Waals surface area contributed by atoms with Crippen LogP contribution in [0.4, 0.5) is 5.82 Å². The predicted molar refractivity (Wildman–Crippen MR) is 66.9 cm³/mol. The molecule has 0 saturated heterocycles. The van der Waals surface area contributed by atoms with Gasteiger partial charge in [-0.05, 0) is 25.8 Å². The van der Waals surface area contributed by atoms with Gasteiger partial charge in [0.05, 0.1) is 23.8 Å². The Morgan fingerprint density at radius 2 is 2.06 bits per heavy atom. The van der Waals surface area contributed by atoms with E-state index in [0.29, 0.717) is 0 Å². The van der Waals surface area contributed by atoms with Crippen molar-refractivity contribution in [3.05, 3.63) is 35.5 Å². The van der Waals surface area contributed by atoms with E-state index < -0.39 is 0 Å². The van der Waals surface area contributed by atoms with Crippen LogP contribution < -0.4 is 5.32 Å². The van der Waals surface area contributed by atoms with Gasteiger partial charge < -0.3 is 5.32 Å². The molecule has 5 nitrogen and oxygen atoms in total. The summed E-state index contributed by atoms with van der Waals surface area (Å²) in [5, 5.41) is 7.39. The molecule has 5 heteroatoms. The highest BCUT2D eigenvalue weighted by molar-refractivity contribution is 5.33. The van der Waals surface area contributed by atoms with Crippen molar-refractivity contribution in [3.63, 3.8) is 0 Å². The zero-order valence-electron chi connectivity index (χ0n) is 10.4. The molecule has 2 aromatic heterocycles. The van der Waals surface area contributed by atoms with Gasteiger partial charge in [-0.3, -0.25) is 9.67 Å². The predicted octanol–water partition coefficient (Wildman–Crippen LogP) is 1.48. The Labute approximate surface area is 101 Å². The number of hydrogen-bond acceptors (Lipinski definition) is 4. The van der Waals surface area contributed by atoms with Crippen LogP contribution >= 0.6 is 0 Å². The summed E-state index contributed by atoms with van der Waals surface area (Å²) >= 11 is 0. The van der Waals surface area contributed by atoms with Crippen LogP contribution in [0.1, 0.15) is 17.0 Å². The summed E-state index contributed by atoms with van der Waals surface area (Å²) in [4.78, 5) is 8.68. The van der Waals surface area contributed by atoms with Gasteiger partial charge in [-0.15, -0.1) is 0 Å². The number of aryl methyl sites for hydroxylation is 3. The second-order valence-corrected chi connectivity index (χ2v) is 4.13. The van der Waals surface area contributed by atoms with Gasteiger partial charge in [0.1, 0.15) is 5.82 Å². The maximum absolute atomic E-state index is 4.41. The van der Waals surface area contributed by atoms with Crippen LogP contribution in [0.15, 0.2) is 18.6 Å². The largest absolute Gasteiger partial charge is 0.368 e. The smallest absolute Gasteiger partial charge is 0.144 e. The van der Waals surface area contributed by atoms with Gasteiger partial charge in [0.2, 0.25) is 0 Å². The lowest BCUT2D eigenvalue weighted by molar-refractivity contribution is 0.767. The van der Waals surface area contributed by atoms with Crippen molar-refractivity contribution in [2.24, 2.45) is 7.05 Å². The normalized spacial score (nSPS) is 10.5. The molecule has 0 aliphatic carbocycles. The molecule has 0 fully saturated rings. The molecular weight excluding hydrogens is 214 g/mol. The van der Waals surface area contributed by atoms with Crippen molar-refractivity contribution in [1.82, 2.24) is 19.7 Å². The number of nitrogens with zero attached hydrogens (tertiary/aromatic N) is 4. The first-order valence-electron chi connectivity index (χ1n) is 5.67. The Bertz CT molecular complexity index is 503. The molecule has 17 heavy (non-hydrogen) atoms. The van der Waals surface area contributed by atoms with E-state index in [2.05, 4.69) is 20.4 Å². The second kappa shape index (κ2) is 4.95. The van der Waals surface area contributed by atoms with Gasteiger partial charge in [-0.25, -0.2) is 4.98 Å². The van der Waals surface area contributed by atoms with Crippen molar-refractivity contribution < 1.29 is 0 Å². The van der Waals surface area contributed by atoms with Gasteiger partial charge in [0, 0.05) is 19.8 Å². The van der Waals surface area contributed by atoms with Crippen molar-refractivity contribution >= 4 is 5.82 Å². The molecule has 1 N–H and O–H groups in total. The highest BCUT2D eigenvalue weighted by atomic mass is 15.2. The lowest BCUT2D eigenvalue weighted by Crippen LogP contribution is -2.07. The number of nitrogens with one attached hydrogen (secondary N) is 1. The third kappa shape index (κ3) is 3.03. The van der Waals surface area contributed by atoms with Crippen LogP contribution in [0.3, 0.4) is 0 Å². The zero-order valence-corrected chi connectivity index (χ0v) is 10.4. The average Bonchev–Trinajstić information content (AvgIpc) is 2.70. The monoisotopic (exact) mass is 231 g/mol. The van der Waals surface area contributed by atoms with E-state index in [1.165, 1.54) is 5.56 Å². The second-order valence-electron chi connectivity index (χ2n) is 4.13. The Hall–Kier alpha value is -1.91. The number of anilines is 1. The molecule has 0 amide bonds. The summed E-state index contributed by atoms with van der Waals surface area (Å²) in [6.07, 6.45) is 6.61. The summed E-state index contributed by atoms with van der Waals surface area (Å²) in [6, 6.07) is 0. The topological polar surface area (TPSA) is 55.6 Å². The molecule has 90 valence electrons. The third-order valence-corrected chi connectivity index (χ3v) is 2.67. The lowest BCUT2D eigenvalue weighted by Gasteiger charge is -2.06. The van der Waals surface area contributed by atoms with Crippen molar-refractivity contribution in [3.8, 4) is 0 Å². The summed E-state index contributed by atoms with van der Waals surface area (Å²) in [7, 11) is 1.92. The summed E-state index contributed by atoms with van der Waals surface area (Å²) in [5.74, 6) is 0.831. The fourth-order valence-electron chi connectivity index (χ4n) is 1.56. The SMILES string of the molecule is Cc1ncc(NCCc2cnn(C)c2)nc1C. The molecule has 0 unspecified atom stereocenters. The van der Waals surface area contributed by atoms with E-state index in [0.717, 1.165) is 30.2 Å². The standard InChI is InChI=1S/C12H17N5/c1-9-10(2)16-12(7-14-9)13-5-4-11-6-15-17(3)8-11/h6-8H,4-5H2,1-3H3,(H,13,16). The maximum atomic E-state index is 4.41. The molecule has 0 bridgehead atoms. The number of aromatic nitrogens is 4. The first-order chi connectivity index (χ1) is 8.15. The van der Waals surface area contributed by atoms with Gasteiger partial charge in [-0.2, -0.15) is 5.10 Å². The minimum Gasteiger partial charge on any atom is -0.368 e. The first-order valence-corrected chi connectivity index (χ1v) is 5.67. The minimum absolute atomic E-state index is 0.831. The Balaban J connectivity index is 1.87. The highest BCUT2D eigenvalue weighted by Gasteiger charge is 2.00. The Morgan fingerprint density at radius 3 is 2.71 bits per heavy atom. The number of hydrogen-bond donors (Lipinski definition) is 1. The fraction of sp³-hybridized carbons (Fsp3) is 0.417. The van der Waals surface area contributed by atoms with Gasteiger partial charge in [0.15, 0.2) is 0 Å². The molecule has 0 aliphatic rings. The van der Waals surface area contributed by atoms with E-state index >= 15 is 0 Å². The molecule has 0 aromatic carbocycles. The molecule has 0 radical (unpaired) electrons. The van der Waals surface area contributed by atoms with Crippen molar-refractivity contribution in [2.45, 2.75) is 20.3 Å². The molecule has 0 aliphatic heterocycles. The van der Waals surface area contributed by atoms with Gasteiger partial charge in [0.25, 0.3) is 0 Å². The van der Waals surface area contributed by atoms with Crippen molar-refractivity contribution in [1.29, 1.82) is 0 Å². The molecule has 2 heterocycles. The minimum atomic E-state index is 0.831. The molecular formula is C12H17N5. The van der Waals surface area contributed by atoms with Crippen LogP contribution in [0.5, 0.6) is 0 Å². The van der Waals surface area contributed by atoms with Crippen LogP contribution in [0, 0.1) is 13.8 Å². The Kier molecular flexibility index (Phi) is 3.37. The van der Waals surface area contributed by atoms with E-state index in [1.54, 1.807) is 6.20 Å². The lowest BCUT2D eigenvalue weighted by atomic mass is 10.2. The molecule has 0 saturated carbocycles. The van der Waals surface area contributed by atoms with E-state index in [4.69, 9.17) is 0 Å². The summed E-state index contributed by atoms with van der Waals surface area (Å²) < 4.78 is 1.81. The van der Waals surface area contributed by atoms with Crippen LogP contribution in [-0.2, 0) is 13.5 Å².